The summed E-state index contributed by atoms with van der Waals surface area (Å²) in [7, 11) is 0. The monoisotopic (exact) mass is 541 g/mol. The van der Waals surface area contributed by atoms with Crippen LogP contribution in [-0.2, 0) is 4.74 Å². The van der Waals surface area contributed by atoms with E-state index in [2.05, 4.69) is 121 Å². The van der Waals surface area contributed by atoms with Gasteiger partial charge >= 0.3 is 0 Å². The van der Waals surface area contributed by atoms with E-state index in [1.54, 1.807) is 0 Å². The zero-order valence-corrected chi connectivity index (χ0v) is 23.5. The van der Waals surface area contributed by atoms with E-state index in [1.165, 1.54) is 79.5 Å². The van der Waals surface area contributed by atoms with Gasteiger partial charge in [0.15, 0.2) is 0 Å². The summed E-state index contributed by atoms with van der Waals surface area (Å²) in [5, 5.41) is 6.28. The topological polar surface area (TPSA) is 21.3 Å². The molecule has 0 fully saturated rings. The molecule has 1 heterocycles. The molecule has 42 heavy (non-hydrogen) atoms. The molecule has 0 saturated carbocycles. The molecule has 0 spiro atoms. The molecule has 3 aliphatic carbocycles. The number of rotatable bonds is 4. The third-order valence-corrected chi connectivity index (χ3v) is 9.56. The number of ether oxygens (including phenoxy) is 1. The number of fused-ring (bicyclic) bond motifs is 5. The molecule has 1 unspecified atom stereocenters. The predicted octanol–water partition coefficient (Wildman–Crippen LogP) is 11.0. The predicted molar refractivity (Wildman–Crippen MR) is 174 cm³/mol. The molecule has 9 rings (SSSR count). The molecule has 0 aromatic heterocycles. The molecular formula is C40H31NO. The molecule has 2 nitrogen and oxygen atoms in total. The summed E-state index contributed by atoms with van der Waals surface area (Å²) >= 11 is 0. The Hall–Kier alpha value is -4.82. The van der Waals surface area contributed by atoms with E-state index in [0.29, 0.717) is 5.92 Å². The molecule has 202 valence electrons. The average Bonchev–Trinajstić information content (AvgIpc) is 3.59. The summed E-state index contributed by atoms with van der Waals surface area (Å²) in [4.78, 5) is 0. The second-order valence-corrected chi connectivity index (χ2v) is 12.0. The maximum absolute atomic E-state index is 6.43. The first-order chi connectivity index (χ1) is 20.8. The van der Waals surface area contributed by atoms with Crippen LogP contribution in [0, 0.1) is 5.92 Å². The summed E-state index contributed by atoms with van der Waals surface area (Å²) in [6, 6.07) is 37.8. The van der Waals surface area contributed by atoms with Crippen LogP contribution in [0.1, 0.15) is 37.7 Å². The van der Waals surface area contributed by atoms with E-state index in [1.807, 2.05) is 0 Å². The van der Waals surface area contributed by atoms with E-state index in [0.717, 1.165) is 36.4 Å². The van der Waals surface area contributed by atoms with Crippen molar-refractivity contribution in [3.63, 3.8) is 0 Å². The second-order valence-electron chi connectivity index (χ2n) is 12.0. The number of allylic oxidation sites excluding steroid dienone is 4. The second kappa shape index (κ2) is 9.36. The SMILES string of the molecule is C1=CC2=C(CC1)C1CCCC(c3ccc(Nc4ccc(-c5cc6c7c(cccc7c5)-c5ccccc5-6)cc4)cc3)=C1O2. The summed E-state index contributed by atoms with van der Waals surface area (Å²) in [5.74, 6) is 2.81. The molecule has 5 aromatic rings. The van der Waals surface area contributed by atoms with Gasteiger partial charge in [0.2, 0.25) is 0 Å². The highest BCUT2D eigenvalue weighted by atomic mass is 16.5. The van der Waals surface area contributed by atoms with Crippen LogP contribution in [0.3, 0.4) is 0 Å². The number of benzene rings is 5. The van der Waals surface area contributed by atoms with Crippen LogP contribution in [0.25, 0.3) is 49.7 Å². The van der Waals surface area contributed by atoms with Crippen molar-refractivity contribution < 1.29 is 4.74 Å². The molecule has 1 atom stereocenters. The highest BCUT2D eigenvalue weighted by Crippen LogP contribution is 2.50. The molecule has 1 N–H and O–H groups in total. The Balaban J connectivity index is 0.967. The van der Waals surface area contributed by atoms with Crippen LogP contribution in [0.15, 0.2) is 132 Å². The fraction of sp³-hybridized carbons (Fsp3) is 0.150. The molecule has 5 aromatic carbocycles. The van der Waals surface area contributed by atoms with Crippen molar-refractivity contribution in [1.29, 1.82) is 0 Å². The van der Waals surface area contributed by atoms with Crippen LogP contribution in [0.5, 0.6) is 0 Å². The smallest absolute Gasteiger partial charge is 0.126 e. The van der Waals surface area contributed by atoms with Gasteiger partial charge in [0.1, 0.15) is 11.5 Å². The Morgan fingerprint density at radius 1 is 0.643 bits per heavy atom. The van der Waals surface area contributed by atoms with Gasteiger partial charge in [0, 0.05) is 17.3 Å². The van der Waals surface area contributed by atoms with Crippen molar-refractivity contribution >= 4 is 27.7 Å². The zero-order chi connectivity index (χ0) is 27.6. The lowest BCUT2D eigenvalue weighted by Crippen LogP contribution is -2.11. The minimum absolute atomic E-state index is 0.485. The lowest BCUT2D eigenvalue weighted by molar-refractivity contribution is 0.307. The van der Waals surface area contributed by atoms with Crippen molar-refractivity contribution in [3.8, 4) is 33.4 Å². The maximum atomic E-state index is 6.43. The summed E-state index contributed by atoms with van der Waals surface area (Å²) in [6.07, 6.45) is 10.3. The van der Waals surface area contributed by atoms with Crippen LogP contribution < -0.4 is 5.32 Å². The van der Waals surface area contributed by atoms with E-state index < -0.39 is 0 Å². The first-order valence-corrected chi connectivity index (χ1v) is 15.3. The van der Waals surface area contributed by atoms with E-state index in [-0.39, 0.29) is 0 Å². The van der Waals surface area contributed by atoms with Gasteiger partial charge in [-0.2, -0.15) is 0 Å². The van der Waals surface area contributed by atoms with Gasteiger partial charge in [-0.05, 0) is 135 Å². The lowest BCUT2D eigenvalue weighted by Gasteiger charge is -2.24. The molecule has 4 aliphatic rings. The molecule has 0 radical (unpaired) electrons. The highest BCUT2D eigenvalue weighted by molar-refractivity contribution is 6.16. The van der Waals surface area contributed by atoms with Crippen molar-refractivity contribution in [2.75, 3.05) is 5.32 Å². The third-order valence-electron chi connectivity index (χ3n) is 9.56. The van der Waals surface area contributed by atoms with Crippen LogP contribution in [0.2, 0.25) is 0 Å². The van der Waals surface area contributed by atoms with Gasteiger partial charge in [-0.1, -0.05) is 72.8 Å². The van der Waals surface area contributed by atoms with Crippen molar-refractivity contribution in [2.45, 2.75) is 32.1 Å². The van der Waals surface area contributed by atoms with Gasteiger partial charge in [-0.3, -0.25) is 0 Å². The Bertz CT molecular complexity index is 1990. The van der Waals surface area contributed by atoms with E-state index >= 15 is 0 Å². The standard InChI is InChI=1S/C40H31NO/c1-2-9-33-32(8-1)35-12-5-7-27-23-28(24-37(33)39(27)35)25-15-19-29(20-16-25)41-30-21-17-26(18-22-30)31-11-6-13-36-34-10-3-4-14-38(34)42-40(31)36/h1-2,4-5,7-9,12,14-24,36,41H,3,6,10-11,13H2. The van der Waals surface area contributed by atoms with E-state index in [4.69, 9.17) is 4.74 Å². The fourth-order valence-electron chi connectivity index (χ4n) is 7.57. The Kier molecular flexibility index (Phi) is 5.31. The van der Waals surface area contributed by atoms with Crippen LogP contribution >= 0.6 is 0 Å². The lowest BCUT2D eigenvalue weighted by atomic mass is 9.80. The quantitative estimate of drug-likeness (QED) is 0.240. The maximum Gasteiger partial charge on any atom is 0.126 e. The largest absolute Gasteiger partial charge is 0.461 e. The van der Waals surface area contributed by atoms with Crippen LogP contribution in [-0.4, -0.2) is 0 Å². The zero-order valence-electron chi connectivity index (χ0n) is 23.5. The van der Waals surface area contributed by atoms with Gasteiger partial charge in [-0.15, -0.1) is 0 Å². The van der Waals surface area contributed by atoms with Crippen molar-refractivity contribution in [2.24, 2.45) is 5.92 Å². The van der Waals surface area contributed by atoms with Gasteiger partial charge in [0.25, 0.3) is 0 Å². The van der Waals surface area contributed by atoms with Crippen molar-refractivity contribution in [1.82, 2.24) is 0 Å². The molecule has 0 bridgehead atoms. The van der Waals surface area contributed by atoms with E-state index in [9.17, 15) is 0 Å². The first-order valence-electron chi connectivity index (χ1n) is 15.3. The summed E-state index contributed by atoms with van der Waals surface area (Å²) in [6.45, 7) is 0. The number of nitrogens with one attached hydrogen (secondary N) is 1. The number of anilines is 2. The molecule has 0 saturated heterocycles. The van der Waals surface area contributed by atoms with Crippen molar-refractivity contribution in [3.05, 3.63) is 138 Å². The Labute approximate surface area is 246 Å². The molecule has 2 heteroatoms. The molecule has 1 aliphatic heterocycles. The summed E-state index contributed by atoms with van der Waals surface area (Å²) < 4.78 is 6.43. The minimum atomic E-state index is 0.485. The minimum Gasteiger partial charge on any atom is -0.461 e. The third kappa shape index (κ3) is 3.72. The van der Waals surface area contributed by atoms with Gasteiger partial charge in [-0.25, -0.2) is 0 Å². The average molecular weight is 542 g/mol. The normalized spacial score (nSPS) is 18.1. The Morgan fingerprint density at radius 2 is 1.38 bits per heavy atom. The highest BCUT2D eigenvalue weighted by Gasteiger charge is 2.36. The van der Waals surface area contributed by atoms with Crippen LogP contribution in [0.4, 0.5) is 11.4 Å². The first kappa shape index (κ1) is 23.8. The molecule has 0 amide bonds. The fourth-order valence-corrected chi connectivity index (χ4v) is 7.57. The Morgan fingerprint density at radius 3 is 2.19 bits per heavy atom. The van der Waals surface area contributed by atoms with Gasteiger partial charge < -0.3 is 10.1 Å². The molecular weight excluding hydrogens is 510 g/mol. The van der Waals surface area contributed by atoms with Gasteiger partial charge in [0.05, 0.1) is 0 Å². The summed E-state index contributed by atoms with van der Waals surface area (Å²) in [5.41, 5.74) is 14.2. The number of hydrogen-bond donors (Lipinski definition) is 1. The number of hydrogen-bond acceptors (Lipinski definition) is 2.